The van der Waals surface area contributed by atoms with Crippen molar-refractivity contribution < 1.29 is 24.8 Å². The molecule has 1 aliphatic rings. The van der Waals surface area contributed by atoms with Gasteiger partial charge in [-0.25, -0.2) is 0 Å². The van der Waals surface area contributed by atoms with Crippen LogP contribution in [0.2, 0.25) is 0 Å². The second kappa shape index (κ2) is 15.6. The summed E-state index contributed by atoms with van der Waals surface area (Å²) >= 11 is 0. The van der Waals surface area contributed by atoms with E-state index in [4.69, 9.17) is 9.47 Å². The van der Waals surface area contributed by atoms with Crippen LogP contribution in [0.25, 0.3) is 0 Å². The van der Waals surface area contributed by atoms with Crippen LogP contribution in [-0.2, 0) is 9.47 Å². The van der Waals surface area contributed by atoms with E-state index in [0.717, 1.165) is 19.3 Å². The monoisotopic (exact) mass is 372 g/mol. The Bertz CT molecular complexity index is 347. The van der Waals surface area contributed by atoms with Gasteiger partial charge in [0.1, 0.15) is 24.4 Å². The van der Waals surface area contributed by atoms with E-state index in [-0.39, 0.29) is 13.2 Å². The molecule has 5 nitrogen and oxygen atoms in total. The molecule has 0 aliphatic carbocycles. The molecule has 0 radical (unpaired) electrons. The smallest absolute Gasteiger partial charge is 0.111 e. The maximum Gasteiger partial charge on any atom is 0.111 e. The van der Waals surface area contributed by atoms with Gasteiger partial charge in [0.05, 0.1) is 13.2 Å². The number of rotatable bonds is 15. The van der Waals surface area contributed by atoms with Gasteiger partial charge in [-0.2, -0.15) is 0 Å². The van der Waals surface area contributed by atoms with Crippen molar-refractivity contribution in [3.05, 3.63) is 12.2 Å². The fraction of sp³-hybridized carbons (Fsp3) is 0.905. The van der Waals surface area contributed by atoms with Crippen LogP contribution in [0.3, 0.4) is 0 Å². The van der Waals surface area contributed by atoms with Crippen molar-refractivity contribution in [2.75, 3.05) is 19.8 Å². The van der Waals surface area contributed by atoms with Crippen LogP contribution in [0, 0.1) is 0 Å². The molecule has 0 aromatic heterocycles. The first-order valence-electron chi connectivity index (χ1n) is 10.5. The molecule has 0 amide bonds. The van der Waals surface area contributed by atoms with E-state index in [1.54, 1.807) is 0 Å². The zero-order valence-corrected chi connectivity index (χ0v) is 16.5. The number of unbranched alkanes of at least 4 members (excludes halogenated alkanes) is 9. The number of hydrogen-bond acceptors (Lipinski definition) is 5. The minimum Gasteiger partial charge on any atom is -0.388 e. The van der Waals surface area contributed by atoms with E-state index in [1.165, 1.54) is 51.4 Å². The Morgan fingerprint density at radius 1 is 0.846 bits per heavy atom. The maximum absolute atomic E-state index is 9.80. The third kappa shape index (κ3) is 10.6. The first-order chi connectivity index (χ1) is 12.7. The van der Waals surface area contributed by atoms with Crippen LogP contribution in [-0.4, -0.2) is 59.6 Å². The van der Waals surface area contributed by atoms with Gasteiger partial charge in [0.2, 0.25) is 0 Å². The van der Waals surface area contributed by atoms with Crippen molar-refractivity contribution >= 4 is 0 Å². The zero-order valence-electron chi connectivity index (χ0n) is 16.5. The molecule has 0 aromatic carbocycles. The third-order valence-corrected chi connectivity index (χ3v) is 4.94. The summed E-state index contributed by atoms with van der Waals surface area (Å²) in [6.07, 6.45) is 14.5. The van der Waals surface area contributed by atoms with Crippen molar-refractivity contribution in [2.24, 2.45) is 0 Å². The molecule has 1 fully saturated rings. The lowest BCUT2D eigenvalue weighted by Crippen LogP contribution is -2.54. The molecule has 0 bridgehead atoms. The van der Waals surface area contributed by atoms with Crippen molar-refractivity contribution in [2.45, 2.75) is 102 Å². The topological polar surface area (TPSA) is 79.2 Å². The highest BCUT2D eigenvalue weighted by molar-refractivity contribution is 4.86. The molecule has 1 rings (SSSR count). The fourth-order valence-electron chi connectivity index (χ4n) is 3.13. The zero-order chi connectivity index (χ0) is 19.0. The lowest BCUT2D eigenvalue weighted by atomic mass is 10.0. The first kappa shape index (κ1) is 23.6. The van der Waals surface area contributed by atoms with Gasteiger partial charge in [0.15, 0.2) is 0 Å². The van der Waals surface area contributed by atoms with Crippen molar-refractivity contribution in [3.63, 3.8) is 0 Å². The molecular weight excluding hydrogens is 332 g/mol. The summed E-state index contributed by atoms with van der Waals surface area (Å²) in [5.74, 6) is 0. The molecule has 1 aliphatic heterocycles. The minimum absolute atomic E-state index is 0.0390. The molecule has 154 valence electrons. The van der Waals surface area contributed by atoms with Gasteiger partial charge in [0, 0.05) is 6.61 Å². The lowest BCUT2D eigenvalue weighted by Gasteiger charge is -2.35. The van der Waals surface area contributed by atoms with Gasteiger partial charge >= 0.3 is 0 Å². The number of allylic oxidation sites excluding steroid dienone is 2. The Morgan fingerprint density at radius 3 is 2.15 bits per heavy atom. The summed E-state index contributed by atoms with van der Waals surface area (Å²) in [5.41, 5.74) is 0. The maximum atomic E-state index is 9.80. The van der Waals surface area contributed by atoms with Crippen molar-refractivity contribution in [1.82, 2.24) is 0 Å². The van der Waals surface area contributed by atoms with E-state index in [0.29, 0.717) is 6.61 Å². The third-order valence-electron chi connectivity index (χ3n) is 4.94. The Hall–Kier alpha value is -0.460. The standard InChI is InChI=1S/C21H40O5/c1-2-3-4-5-6-7-8-9-10-11-12-13-14-15-25-17-19-21(24)20(23)18(22)16-26-19/h9-10,18-24H,2-8,11-17H2,1H3/b10-9+/t18-,19+,20+,21+/m1/s1. The normalized spacial score (nSPS) is 26.6. The predicted octanol–water partition coefficient (Wildman–Crippen LogP) is 3.35. The van der Waals surface area contributed by atoms with Gasteiger partial charge < -0.3 is 24.8 Å². The van der Waals surface area contributed by atoms with Crippen LogP contribution in [0.5, 0.6) is 0 Å². The Morgan fingerprint density at radius 2 is 1.46 bits per heavy atom. The van der Waals surface area contributed by atoms with E-state index in [2.05, 4.69) is 19.1 Å². The minimum atomic E-state index is -1.15. The molecule has 3 N–H and O–H groups in total. The van der Waals surface area contributed by atoms with E-state index in [1.807, 2.05) is 0 Å². The van der Waals surface area contributed by atoms with Gasteiger partial charge in [-0.3, -0.25) is 0 Å². The quantitative estimate of drug-likeness (QED) is 0.303. The summed E-state index contributed by atoms with van der Waals surface area (Å²) in [6, 6.07) is 0. The summed E-state index contributed by atoms with van der Waals surface area (Å²) in [5, 5.41) is 28.8. The Kier molecular flexibility index (Phi) is 14.1. The van der Waals surface area contributed by atoms with E-state index >= 15 is 0 Å². The summed E-state index contributed by atoms with van der Waals surface area (Å²) in [6.45, 7) is 3.18. The Labute approximate surface area is 159 Å². The second-order valence-electron chi connectivity index (χ2n) is 7.37. The highest BCUT2D eigenvalue weighted by Crippen LogP contribution is 2.16. The van der Waals surface area contributed by atoms with Crippen LogP contribution in [0.4, 0.5) is 0 Å². The molecule has 0 aromatic rings. The molecule has 5 heteroatoms. The first-order valence-corrected chi connectivity index (χ1v) is 10.5. The van der Waals surface area contributed by atoms with Crippen LogP contribution >= 0.6 is 0 Å². The van der Waals surface area contributed by atoms with Crippen LogP contribution in [0.1, 0.15) is 77.6 Å². The highest BCUT2D eigenvalue weighted by Gasteiger charge is 2.37. The molecule has 1 heterocycles. The number of ether oxygens (including phenoxy) is 2. The second-order valence-corrected chi connectivity index (χ2v) is 7.37. The van der Waals surface area contributed by atoms with Gasteiger partial charge in [0.25, 0.3) is 0 Å². The molecule has 0 unspecified atom stereocenters. The largest absolute Gasteiger partial charge is 0.388 e. The number of aliphatic hydroxyl groups is 3. The van der Waals surface area contributed by atoms with Crippen molar-refractivity contribution in [1.29, 1.82) is 0 Å². The van der Waals surface area contributed by atoms with Gasteiger partial charge in [-0.1, -0.05) is 57.6 Å². The van der Waals surface area contributed by atoms with Crippen molar-refractivity contribution in [3.8, 4) is 0 Å². The Balaban J connectivity index is 1.85. The molecule has 4 atom stereocenters. The van der Waals surface area contributed by atoms with Gasteiger partial charge in [-0.05, 0) is 32.1 Å². The summed E-state index contributed by atoms with van der Waals surface area (Å²) in [4.78, 5) is 0. The van der Waals surface area contributed by atoms with Gasteiger partial charge in [-0.15, -0.1) is 0 Å². The van der Waals surface area contributed by atoms with Crippen LogP contribution < -0.4 is 0 Å². The molecule has 0 spiro atoms. The molecule has 26 heavy (non-hydrogen) atoms. The number of hydrogen-bond donors (Lipinski definition) is 3. The van der Waals surface area contributed by atoms with Crippen LogP contribution in [0.15, 0.2) is 12.2 Å². The van der Waals surface area contributed by atoms with E-state index < -0.39 is 24.4 Å². The fourth-order valence-corrected chi connectivity index (χ4v) is 3.13. The van der Waals surface area contributed by atoms with E-state index in [9.17, 15) is 15.3 Å². The molecular formula is C21H40O5. The number of aliphatic hydroxyl groups excluding tert-OH is 3. The molecule has 1 saturated heterocycles. The summed E-state index contributed by atoms with van der Waals surface area (Å²) in [7, 11) is 0. The average Bonchev–Trinajstić information content (AvgIpc) is 2.64. The lowest BCUT2D eigenvalue weighted by molar-refractivity contribution is -0.199. The highest BCUT2D eigenvalue weighted by atomic mass is 16.6. The SMILES string of the molecule is CCCCCCCC/C=C/CCCCCOC[C@@H]1OC[C@@H](O)[C@H](O)[C@H]1O. The predicted molar refractivity (Wildman–Crippen MR) is 104 cm³/mol. The summed E-state index contributed by atoms with van der Waals surface area (Å²) < 4.78 is 10.8. The average molecular weight is 373 g/mol. The molecule has 0 saturated carbocycles.